The number of hydrogen-bond donors (Lipinski definition) is 3. The van der Waals surface area contributed by atoms with Crippen LogP contribution in [-0.4, -0.2) is 52.9 Å². The molecule has 0 aliphatic carbocycles. The van der Waals surface area contributed by atoms with E-state index in [1.807, 2.05) is 30.7 Å². The van der Waals surface area contributed by atoms with Gasteiger partial charge < -0.3 is 20.7 Å². The predicted molar refractivity (Wildman–Crippen MR) is 137 cm³/mol. The number of anilines is 1. The number of nitrogens with one attached hydrogen (secondary N) is 3. The first-order valence-electron chi connectivity index (χ1n) is 10.5. The second-order valence-corrected chi connectivity index (χ2v) is 7.82. The van der Waals surface area contributed by atoms with Crippen molar-refractivity contribution >= 4 is 53.1 Å². The molecule has 1 aromatic carbocycles. The summed E-state index contributed by atoms with van der Waals surface area (Å²) in [5, 5.41) is 14.7. The molecule has 32 heavy (non-hydrogen) atoms. The number of hydrogen-bond acceptors (Lipinski definition) is 5. The highest BCUT2D eigenvalue weighted by atomic mass is 127. The Labute approximate surface area is 210 Å². The van der Waals surface area contributed by atoms with Gasteiger partial charge in [0.1, 0.15) is 12.4 Å². The fourth-order valence-corrected chi connectivity index (χ4v) is 3.58. The number of carbonyl (C=O) groups is 1. The maximum atomic E-state index is 12.3. The molecule has 0 saturated heterocycles. The number of carbonyl (C=O) groups excluding carboxylic acids is 1. The molecule has 0 fully saturated rings. The molecule has 0 radical (unpaired) electrons. The molecule has 176 valence electrons. The minimum Gasteiger partial charge on any atom is -0.377 e. The Bertz CT molecular complexity index is 935. The van der Waals surface area contributed by atoms with E-state index in [0.29, 0.717) is 36.5 Å². The van der Waals surface area contributed by atoms with E-state index in [1.165, 1.54) is 0 Å². The van der Waals surface area contributed by atoms with Crippen molar-refractivity contribution in [1.29, 1.82) is 0 Å². The van der Waals surface area contributed by atoms with Gasteiger partial charge in [0, 0.05) is 43.2 Å². The minimum atomic E-state index is -0.0967. The zero-order valence-electron chi connectivity index (χ0n) is 18.7. The highest BCUT2D eigenvalue weighted by molar-refractivity contribution is 14.0. The molecule has 3 N–H and O–H groups in total. The lowest BCUT2D eigenvalue weighted by atomic mass is 10.1. The van der Waals surface area contributed by atoms with Crippen LogP contribution >= 0.6 is 35.6 Å². The van der Waals surface area contributed by atoms with Crippen LogP contribution in [0.3, 0.4) is 0 Å². The smallest absolute Gasteiger partial charge is 0.226 e. The third-order valence-electron chi connectivity index (χ3n) is 5.01. The van der Waals surface area contributed by atoms with Crippen molar-refractivity contribution in [2.45, 2.75) is 52.3 Å². The van der Waals surface area contributed by atoms with Crippen LogP contribution in [-0.2, 0) is 29.1 Å². The summed E-state index contributed by atoms with van der Waals surface area (Å²) in [5.41, 5.74) is 1.58. The van der Waals surface area contributed by atoms with Crippen LogP contribution in [0.1, 0.15) is 37.0 Å². The van der Waals surface area contributed by atoms with Gasteiger partial charge >= 0.3 is 0 Å². The lowest BCUT2D eigenvalue weighted by Crippen LogP contribution is -2.47. The molecule has 2 heterocycles. The van der Waals surface area contributed by atoms with Gasteiger partial charge in [-0.25, -0.2) is 9.67 Å². The molecule has 1 amide bonds. The molecular weight excluding hydrogens is 545 g/mol. The number of aliphatic imine (C=N–C) groups is 1. The molecule has 3 rings (SSSR count). The van der Waals surface area contributed by atoms with Gasteiger partial charge in [-0.3, -0.25) is 9.79 Å². The predicted octanol–water partition coefficient (Wildman–Crippen LogP) is 2.90. The van der Waals surface area contributed by atoms with Crippen molar-refractivity contribution in [2.24, 2.45) is 4.99 Å². The van der Waals surface area contributed by atoms with Gasteiger partial charge in [-0.1, -0.05) is 17.7 Å². The molecule has 1 unspecified atom stereocenters. The van der Waals surface area contributed by atoms with Gasteiger partial charge in [0.15, 0.2) is 11.8 Å². The van der Waals surface area contributed by atoms with E-state index in [9.17, 15) is 4.79 Å². The zero-order chi connectivity index (χ0) is 22.2. The van der Waals surface area contributed by atoms with Crippen molar-refractivity contribution < 1.29 is 9.53 Å². The Morgan fingerprint density at radius 1 is 1.41 bits per heavy atom. The Morgan fingerprint density at radius 2 is 2.22 bits per heavy atom. The summed E-state index contributed by atoms with van der Waals surface area (Å²) in [4.78, 5) is 21.4. The first-order valence-corrected chi connectivity index (χ1v) is 10.9. The van der Waals surface area contributed by atoms with Crippen molar-refractivity contribution in [3.8, 4) is 0 Å². The summed E-state index contributed by atoms with van der Waals surface area (Å²) in [5.74, 6) is 2.29. The van der Waals surface area contributed by atoms with E-state index in [-0.39, 0.29) is 42.3 Å². The van der Waals surface area contributed by atoms with Crippen molar-refractivity contribution in [3.63, 3.8) is 0 Å². The number of aryl methyl sites for hydroxylation is 1. The van der Waals surface area contributed by atoms with Crippen molar-refractivity contribution in [3.05, 3.63) is 40.4 Å². The van der Waals surface area contributed by atoms with Crippen LogP contribution in [0.15, 0.2) is 23.2 Å². The Morgan fingerprint density at radius 3 is 2.97 bits per heavy atom. The monoisotopic (exact) mass is 575 g/mol. The Balaban J connectivity index is 0.00000363. The van der Waals surface area contributed by atoms with Gasteiger partial charge in [0.25, 0.3) is 0 Å². The molecule has 0 saturated carbocycles. The Kier molecular flexibility index (Phi) is 10.7. The summed E-state index contributed by atoms with van der Waals surface area (Å²) in [6.45, 7) is 6.13. The first-order chi connectivity index (χ1) is 15.0. The zero-order valence-corrected chi connectivity index (χ0v) is 21.7. The van der Waals surface area contributed by atoms with Gasteiger partial charge in [-0.15, -0.1) is 24.0 Å². The van der Waals surface area contributed by atoms with Crippen molar-refractivity contribution in [2.75, 3.05) is 25.5 Å². The summed E-state index contributed by atoms with van der Waals surface area (Å²) in [7, 11) is 1.64. The first kappa shape index (κ1) is 26.3. The second-order valence-electron chi connectivity index (χ2n) is 7.41. The molecule has 1 atom stereocenters. The molecule has 9 nitrogen and oxygen atoms in total. The number of methoxy groups -OCH3 is 1. The quantitative estimate of drug-likeness (QED) is 0.254. The number of halogens is 2. The molecule has 0 bridgehead atoms. The largest absolute Gasteiger partial charge is 0.377 e. The van der Waals surface area contributed by atoms with E-state index < -0.39 is 0 Å². The third-order valence-corrected chi connectivity index (χ3v) is 5.42. The number of guanidine groups is 1. The highest BCUT2D eigenvalue weighted by Gasteiger charge is 2.22. The second kappa shape index (κ2) is 12.9. The van der Waals surface area contributed by atoms with Crippen molar-refractivity contribution in [1.82, 2.24) is 25.4 Å². The fourth-order valence-electron chi connectivity index (χ4n) is 3.41. The third kappa shape index (κ3) is 7.31. The SMILES string of the molecule is CCNC(=NCCC(=O)Nc1cccc(Cl)c1C)NC1CCc2nc(COC)nn2C1.I. The average molecular weight is 576 g/mol. The minimum absolute atomic E-state index is 0. The summed E-state index contributed by atoms with van der Waals surface area (Å²) < 4.78 is 7.05. The van der Waals surface area contributed by atoms with Crippen LogP contribution in [0, 0.1) is 6.92 Å². The summed E-state index contributed by atoms with van der Waals surface area (Å²) in [6, 6.07) is 5.65. The number of nitrogens with zero attached hydrogens (tertiary/aromatic N) is 4. The van der Waals surface area contributed by atoms with Crippen LogP contribution in [0.5, 0.6) is 0 Å². The maximum absolute atomic E-state index is 12.3. The number of benzene rings is 1. The molecular formula is C21H31ClIN7O2. The molecule has 11 heteroatoms. The van der Waals surface area contributed by atoms with Gasteiger partial charge in [-0.05, 0) is 38.0 Å². The highest BCUT2D eigenvalue weighted by Crippen LogP contribution is 2.23. The van der Waals surface area contributed by atoms with E-state index in [4.69, 9.17) is 16.3 Å². The van der Waals surface area contributed by atoms with Crippen LogP contribution < -0.4 is 16.0 Å². The normalized spacial score (nSPS) is 15.5. The number of rotatable bonds is 8. The average Bonchev–Trinajstić information content (AvgIpc) is 3.13. The van der Waals surface area contributed by atoms with Crippen LogP contribution in [0.4, 0.5) is 5.69 Å². The van der Waals surface area contributed by atoms with E-state index >= 15 is 0 Å². The summed E-state index contributed by atoms with van der Waals surface area (Å²) >= 11 is 6.11. The number of amides is 1. The lowest BCUT2D eigenvalue weighted by molar-refractivity contribution is -0.116. The molecule has 1 aromatic heterocycles. The van der Waals surface area contributed by atoms with Gasteiger partial charge in [0.05, 0.1) is 13.1 Å². The maximum Gasteiger partial charge on any atom is 0.226 e. The van der Waals surface area contributed by atoms with Crippen LogP contribution in [0.2, 0.25) is 5.02 Å². The number of ether oxygens (including phenoxy) is 1. The van der Waals surface area contributed by atoms with E-state index in [1.54, 1.807) is 13.2 Å². The fraction of sp³-hybridized carbons (Fsp3) is 0.524. The van der Waals surface area contributed by atoms with E-state index in [0.717, 1.165) is 36.5 Å². The molecule has 1 aliphatic heterocycles. The Hall–Kier alpha value is -1.92. The topological polar surface area (TPSA) is 105 Å². The molecule has 0 spiro atoms. The standard InChI is InChI=1S/C21H30ClN7O2.HI/c1-4-23-21(24-11-10-20(30)26-17-7-5-6-16(22)14(17)2)25-15-8-9-19-27-18(13-31-3)28-29(19)12-15;/h5-7,15H,4,8-13H2,1-3H3,(H,26,30)(H2,23,24,25);1H. The molecule has 1 aliphatic rings. The van der Waals surface area contributed by atoms with Gasteiger partial charge in [-0.2, -0.15) is 5.10 Å². The van der Waals surface area contributed by atoms with E-state index in [2.05, 4.69) is 31.0 Å². The summed E-state index contributed by atoms with van der Waals surface area (Å²) in [6.07, 6.45) is 2.06. The lowest BCUT2D eigenvalue weighted by Gasteiger charge is -2.25. The number of aromatic nitrogens is 3. The number of fused-ring (bicyclic) bond motifs is 1. The molecule has 2 aromatic rings. The van der Waals surface area contributed by atoms with Gasteiger partial charge in [0.2, 0.25) is 5.91 Å². The van der Waals surface area contributed by atoms with Crippen LogP contribution in [0.25, 0.3) is 0 Å².